The Labute approximate surface area is 205 Å². The van der Waals surface area contributed by atoms with E-state index in [0.29, 0.717) is 46.7 Å². The molecule has 4 aromatic rings. The standard InChI is InChI=1S/C29H24F6O/c1-2-17-14-24(30)23(25(31)15-17)11-5-18-4-10-22-21(13-18)9-8-20(28(22)33)7-3-19-6-12-27(26(32)16-19)36-29(34)35/h4,6,8-10,12-16,29H,2-3,5,7,11H2,1H3. The van der Waals surface area contributed by atoms with E-state index in [1.165, 1.54) is 18.2 Å². The third-order valence-corrected chi connectivity index (χ3v) is 6.27. The van der Waals surface area contributed by atoms with Gasteiger partial charge >= 0.3 is 6.61 Å². The summed E-state index contributed by atoms with van der Waals surface area (Å²) in [5.41, 5.74) is 2.43. The third kappa shape index (κ3) is 5.83. The molecule has 7 heteroatoms. The van der Waals surface area contributed by atoms with Gasteiger partial charge in [-0.25, -0.2) is 17.6 Å². The van der Waals surface area contributed by atoms with E-state index in [1.807, 2.05) is 6.92 Å². The van der Waals surface area contributed by atoms with Crippen molar-refractivity contribution in [2.24, 2.45) is 0 Å². The monoisotopic (exact) mass is 502 g/mol. The smallest absolute Gasteiger partial charge is 0.387 e. The Kier molecular flexibility index (Phi) is 7.87. The fraction of sp³-hybridized carbons (Fsp3) is 0.241. The van der Waals surface area contributed by atoms with Crippen LogP contribution in [0.25, 0.3) is 10.8 Å². The predicted molar refractivity (Wildman–Crippen MR) is 127 cm³/mol. The van der Waals surface area contributed by atoms with Crippen LogP contribution in [0.1, 0.15) is 34.7 Å². The normalized spacial score (nSPS) is 11.4. The Bertz CT molecular complexity index is 1360. The molecule has 0 N–H and O–H groups in total. The molecule has 4 rings (SSSR count). The predicted octanol–water partition coefficient (Wildman–Crippen LogP) is 8.13. The van der Waals surface area contributed by atoms with Gasteiger partial charge in [-0.1, -0.05) is 43.3 Å². The number of ether oxygens (including phenoxy) is 1. The summed E-state index contributed by atoms with van der Waals surface area (Å²) in [6.45, 7) is -1.29. The van der Waals surface area contributed by atoms with Crippen LogP contribution in [0.3, 0.4) is 0 Å². The minimum absolute atomic E-state index is 0.0408. The van der Waals surface area contributed by atoms with Crippen molar-refractivity contribution in [2.45, 2.75) is 45.6 Å². The molecule has 0 spiro atoms. The zero-order valence-corrected chi connectivity index (χ0v) is 19.6. The van der Waals surface area contributed by atoms with Crippen LogP contribution in [0.2, 0.25) is 0 Å². The van der Waals surface area contributed by atoms with Crippen molar-refractivity contribution < 1.29 is 31.1 Å². The Balaban J connectivity index is 1.45. The average Bonchev–Trinajstić information content (AvgIpc) is 2.84. The summed E-state index contributed by atoms with van der Waals surface area (Å²) < 4.78 is 86.3. The third-order valence-electron chi connectivity index (χ3n) is 6.27. The van der Waals surface area contributed by atoms with Crippen molar-refractivity contribution in [2.75, 3.05) is 0 Å². The minimum Gasteiger partial charge on any atom is -0.432 e. The quantitative estimate of drug-likeness (QED) is 0.210. The van der Waals surface area contributed by atoms with Crippen LogP contribution in [-0.2, 0) is 32.1 Å². The number of hydrogen-bond donors (Lipinski definition) is 0. The molecule has 0 fully saturated rings. The molecule has 0 bridgehead atoms. The van der Waals surface area contributed by atoms with Gasteiger partial charge in [-0.15, -0.1) is 0 Å². The van der Waals surface area contributed by atoms with Crippen LogP contribution in [0.4, 0.5) is 26.3 Å². The molecule has 1 nitrogen and oxygen atoms in total. The lowest BCUT2D eigenvalue weighted by Crippen LogP contribution is -2.04. The summed E-state index contributed by atoms with van der Waals surface area (Å²) in [6.07, 6.45) is 1.72. The highest BCUT2D eigenvalue weighted by Crippen LogP contribution is 2.26. The fourth-order valence-corrected chi connectivity index (χ4v) is 4.27. The van der Waals surface area contributed by atoms with E-state index in [2.05, 4.69) is 4.74 Å². The topological polar surface area (TPSA) is 9.23 Å². The lowest BCUT2D eigenvalue weighted by atomic mass is 9.96. The van der Waals surface area contributed by atoms with Crippen molar-refractivity contribution in [3.05, 3.63) is 112 Å². The molecule has 0 aromatic heterocycles. The van der Waals surface area contributed by atoms with Gasteiger partial charge in [-0.05, 0) is 84.0 Å². The highest BCUT2D eigenvalue weighted by atomic mass is 19.3. The molecular weight excluding hydrogens is 478 g/mol. The zero-order valence-electron chi connectivity index (χ0n) is 19.6. The molecule has 188 valence electrons. The van der Waals surface area contributed by atoms with Crippen LogP contribution in [-0.4, -0.2) is 6.61 Å². The fourth-order valence-electron chi connectivity index (χ4n) is 4.27. The molecule has 0 saturated carbocycles. The number of fused-ring (bicyclic) bond motifs is 1. The Morgan fingerprint density at radius 2 is 1.31 bits per heavy atom. The molecule has 0 radical (unpaired) electrons. The summed E-state index contributed by atoms with van der Waals surface area (Å²) in [6, 6.07) is 15.0. The molecule has 0 heterocycles. The Hall–Kier alpha value is -3.48. The maximum Gasteiger partial charge on any atom is 0.387 e. The number of rotatable bonds is 9. The van der Waals surface area contributed by atoms with Gasteiger partial charge in [0.1, 0.15) is 17.5 Å². The summed E-state index contributed by atoms with van der Waals surface area (Å²) >= 11 is 0. The van der Waals surface area contributed by atoms with Crippen LogP contribution >= 0.6 is 0 Å². The van der Waals surface area contributed by atoms with Crippen molar-refractivity contribution in [3.8, 4) is 5.75 Å². The van der Waals surface area contributed by atoms with Crippen molar-refractivity contribution in [1.29, 1.82) is 0 Å². The zero-order chi connectivity index (χ0) is 25.8. The van der Waals surface area contributed by atoms with Gasteiger partial charge < -0.3 is 4.74 Å². The Morgan fingerprint density at radius 3 is 1.97 bits per heavy atom. The molecular formula is C29H24F6O. The molecule has 36 heavy (non-hydrogen) atoms. The van der Waals surface area contributed by atoms with Gasteiger partial charge in [-0.3, -0.25) is 0 Å². The largest absolute Gasteiger partial charge is 0.432 e. The molecule has 0 saturated heterocycles. The first-order valence-electron chi connectivity index (χ1n) is 11.6. The van der Waals surface area contributed by atoms with E-state index in [0.717, 1.165) is 17.7 Å². The lowest BCUT2D eigenvalue weighted by molar-refractivity contribution is -0.0522. The summed E-state index contributed by atoms with van der Waals surface area (Å²) in [7, 11) is 0. The second-order valence-electron chi connectivity index (χ2n) is 8.63. The maximum atomic E-state index is 15.1. The molecule has 0 amide bonds. The Morgan fingerprint density at radius 1 is 0.667 bits per heavy atom. The number of alkyl halides is 2. The lowest BCUT2D eigenvalue weighted by Gasteiger charge is -2.11. The second-order valence-corrected chi connectivity index (χ2v) is 8.63. The second kappa shape index (κ2) is 11.1. The van der Waals surface area contributed by atoms with Crippen molar-refractivity contribution in [1.82, 2.24) is 0 Å². The van der Waals surface area contributed by atoms with Crippen LogP contribution in [0, 0.1) is 23.3 Å². The molecule has 0 unspecified atom stereocenters. The van der Waals surface area contributed by atoms with Crippen LogP contribution < -0.4 is 4.74 Å². The van der Waals surface area contributed by atoms with E-state index in [4.69, 9.17) is 0 Å². The number of hydrogen-bond acceptors (Lipinski definition) is 1. The van der Waals surface area contributed by atoms with E-state index < -0.39 is 35.6 Å². The van der Waals surface area contributed by atoms with E-state index >= 15 is 4.39 Å². The van der Waals surface area contributed by atoms with Crippen LogP contribution in [0.15, 0.2) is 60.7 Å². The van der Waals surface area contributed by atoms with Gasteiger partial charge in [0.25, 0.3) is 0 Å². The van der Waals surface area contributed by atoms with Gasteiger partial charge in [0, 0.05) is 10.9 Å². The van der Waals surface area contributed by atoms with Crippen molar-refractivity contribution in [3.63, 3.8) is 0 Å². The van der Waals surface area contributed by atoms with Crippen molar-refractivity contribution >= 4 is 10.8 Å². The average molecular weight is 502 g/mol. The highest BCUT2D eigenvalue weighted by molar-refractivity contribution is 5.84. The van der Waals surface area contributed by atoms with E-state index in [9.17, 15) is 22.0 Å². The van der Waals surface area contributed by atoms with Gasteiger partial charge in [0.05, 0.1) is 0 Å². The number of benzene rings is 4. The maximum absolute atomic E-state index is 15.1. The minimum atomic E-state index is -3.12. The number of aryl methyl sites for hydroxylation is 4. The molecule has 0 atom stereocenters. The summed E-state index contributed by atoms with van der Waals surface area (Å²) in [4.78, 5) is 0. The first-order chi connectivity index (χ1) is 17.2. The SMILES string of the molecule is CCc1cc(F)c(CCc2ccc3c(F)c(CCc4ccc(OC(F)F)c(F)c4)ccc3c2)c(F)c1. The van der Waals surface area contributed by atoms with Crippen LogP contribution in [0.5, 0.6) is 5.75 Å². The van der Waals surface area contributed by atoms with E-state index in [-0.39, 0.29) is 18.4 Å². The first-order valence-corrected chi connectivity index (χ1v) is 11.6. The molecule has 4 aromatic carbocycles. The van der Waals surface area contributed by atoms with Gasteiger partial charge in [-0.2, -0.15) is 8.78 Å². The van der Waals surface area contributed by atoms with Gasteiger partial charge in [0.2, 0.25) is 0 Å². The summed E-state index contributed by atoms with van der Waals surface area (Å²) in [5.74, 6) is -2.95. The molecule has 0 aliphatic heterocycles. The molecule has 0 aliphatic carbocycles. The van der Waals surface area contributed by atoms with Gasteiger partial charge in [0.15, 0.2) is 11.6 Å². The molecule has 0 aliphatic rings. The number of halogens is 6. The van der Waals surface area contributed by atoms with E-state index in [1.54, 1.807) is 30.3 Å². The highest BCUT2D eigenvalue weighted by Gasteiger charge is 2.14. The summed E-state index contributed by atoms with van der Waals surface area (Å²) in [5, 5.41) is 1.07. The first kappa shape index (κ1) is 25.6.